The Bertz CT molecular complexity index is 442. The standard InChI is InChI=1S/C16H28N4O3/c1-3-17-16(18-13-14-7-12-23-19-14)20-8-5-15(6-9-20)22-11-4-10-21-2/h7,12,15H,3-6,8-11,13H2,1-2H3,(H,17,18). The summed E-state index contributed by atoms with van der Waals surface area (Å²) in [6, 6.07) is 1.84. The van der Waals surface area contributed by atoms with Crippen LogP contribution in [0.2, 0.25) is 0 Å². The maximum absolute atomic E-state index is 5.90. The SMILES string of the molecule is CCNC(=NCc1ccon1)N1CCC(OCCCOC)CC1. The van der Waals surface area contributed by atoms with E-state index in [0.29, 0.717) is 12.6 Å². The Labute approximate surface area is 138 Å². The minimum Gasteiger partial charge on any atom is -0.385 e. The van der Waals surface area contributed by atoms with Gasteiger partial charge in [-0.25, -0.2) is 4.99 Å². The molecule has 1 N–H and O–H groups in total. The zero-order valence-corrected chi connectivity index (χ0v) is 14.2. The van der Waals surface area contributed by atoms with Crippen molar-refractivity contribution in [1.29, 1.82) is 0 Å². The van der Waals surface area contributed by atoms with Crippen LogP contribution in [-0.2, 0) is 16.0 Å². The van der Waals surface area contributed by atoms with Crippen LogP contribution < -0.4 is 5.32 Å². The van der Waals surface area contributed by atoms with Gasteiger partial charge in [0.2, 0.25) is 0 Å². The lowest BCUT2D eigenvalue weighted by molar-refractivity contribution is 0.00990. The van der Waals surface area contributed by atoms with Gasteiger partial charge in [-0.3, -0.25) is 0 Å². The van der Waals surface area contributed by atoms with Gasteiger partial charge in [-0.05, 0) is 26.2 Å². The molecule has 2 rings (SSSR count). The first kappa shape index (κ1) is 17.7. The number of aromatic nitrogens is 1. The lowest BCUT2D eigenvalue weighted by atomic mass is 10.1. The molecule has 1 aromatic rings. The first-order valence-corrected chi connectivity index (χ1v) is 8.36. The van der Waals surface area contributed by atoms with Gasteiger partial charge in [0.1, 0.15) is 12.0 Å². The molecule has 1 aromatic heterocycles. The molecule has 1 saturated heterocycles. The number of nitrogens with zero attached hydrogens (tertiary/aromatic N) is 3. The number of nitrogens with one attached hydrogen (secondary N) is 1. The average molecular weight is 324 g/mol. The Morgan fingerprint density at radius 3 is 2.91 bits per heavy atom. The minimum absolute atomic E-state index is 0.349. The van der Waals surface area contributed by atoms with E-state index in [1.165, 1.54) is 0 Å². The highest BCUT2D eigenvalue weighted by Gasteiger charge is 2.21. The Hall–Kier alpha value is -1.60. The lowest BCUT2D eigenvalue weighted by Gasteiger charge is -2.34. The van der Waals surface area contributed by atoms with Crippen molar-refractivity contribution in [2.75, 3.05) is 40.0 Å². The molecule has 0 radical (unpaired) electrons. The zero-order chi connectivity index (χ0) is 16.3. The molecule has 0 aromatic carbocycles. The van der Waals surface area contributed by atoms with Crippen LogP contribution in [0, 0.1) is 0 Å². The van der Waals surface area contributed by atoms with Gasteiger partial charge in [-0.1, -0.05) is 5.16 Å². The monoisotopic (exact) mass is 324 g/mol. The molecule has 7 nitrogen and oxygen atoms in total. The van der Waals surface area contributed by atoms with Crippen LogP contribution >= 0.6 is 0 Å². The van der Waals surface area contributed by atoms with E-state index in [4.69, 9.17) is 14.0 Å². The van der Waals surface area contributed by atoms with E-state index in [-0.39, 0.29) is 0 Å². The van der Waals surface area contributed by atoms with E-state index in [0.717, 1.165) is 63.8 Å². The van der Waals surface area contributed by atoms with Crippen molar-refractivity contribution in [2.24, 2.45) is 4.99 Å². The molecular weight excluding hydrogens is 296 g/mol. The van der Waals surface area contributed by atoms with Crippen molar-refractivity contribution in [3.8, 4) is 0 Å². The fraction of sp³-hybridized carbons (Fsp3) is 0.750. The van der Waals surface area contributed by atoms with Crippen molar-refractivity contribution < 1.29 is 14.0 Å². The lowest BCUT2D eigenvalue weighted by Crippen LogP contribution is -2.47. The summed E-state index contributed by atoms with van der Waals surface area (Å²) in [4.78, 5) is 6.93. The number of hydrogen-bond donors (Lipinski definition) is 1. The molecule has 1 fully saturated rings. The molecule has 0 atom stereocenters. The van der Waals surface area contributed by atoms with E-state index in [1.54, 1.807) is 13.4 Å². The molecule has 0 aliphatic carbocycles. The molecule has 23 heavy (non-hydrogen) atoms. The van der Waals surface area contributed by atoms with E-state index in [9.17, 15) is 0 Å². The summed E-state index contributed by atoms with van der Waals surface area (Å²) in [5.41, 5.74) is 0.844. The topological polar surface area (TPSA) is 72.1 Å². The molecule has 130 valence electrons. The number of rotatable bonds is 8. The minimum atomic E-state index is 0.349. The third-order valence-corrected chi connectivity index (χ3v) is 3.80. The summed E-state index contributed by atoms with van der Waals surface area (Å²) in [6.07, 6.45) is 4.94. The van der Waals surface area contributed by atoms with Crippen LogP contribution in [0.3, 0.4) is 0 Å². The van der Waals surface area contributed by atoms with Gasteiger partial charge in [0.25, 0.3) is 0 Å². The smallest absolute Gasteiger partial charge is 0.194 e. The molecular formula is C16H28N4O3. The number of piperidine rings is 1. The van der Waals surface area contributed by atoms with Crippen molar-refractivity contribution in [1.82, 2.24) is 15.4 Å². The number of methoxy groups -OCH3 is 1. The number of aliphatic imine (C=N–C) groups is 1. The third kappa shape index (κ3) is 6.19. The highest BCUT2D eigenvalue weighted by atomic mass is 16.5. The van der Waals surface area contributed by atoms with Gasteiger partial charge >= 0.3 is 0 Å². The quantitative estimate of drug-likeness (QED) is 0.445. The van der Waals surface area contributed by atoms with Crippen LogP contribution in [0.15, 0.2) is 21.8 Å². The number of ether oxygens (including phenoxy) is 2. The number of hydrogen-bond acceptors (Lipinski definition) is 5. The molecule has 1 aliphatic heterocycles. The van der Waals surface area contributed by atoms with Gasteiger partial charge in [-0.2, -0.15) is 0 Å². The summed E-state index contributed by atoms with van der Waals surface area (Å²) < 4.78 is 15.8. The summed E-state index contributed by atoms with van der Waals surface area (Å²) in [6.45, 7) is 6.92. The van der Waals surface area contributed by atoms with Crippen LogP contribution in [0.1, 0.15) is 31.9 Å². The highest BCUT2D eigenvalue weighted by molar-refractivity contribution is 5.80. The second kappa shape index (κ2) is 10.2. The second-order valence-electron chi connectivity index (χ2n) is 5.56. The van der Waals surface area contributed by atoms with Crippen molar-refractivity contribution in [3.63, 3.8) is 0 Å². The van der Waals surface area contributed by atoms with E-state index >= 15 is 0 Å². The molecule has 7 heteroatoms. The van der Waals surface area contributed by atoms with Crippen LogP contribution in [0.25, 0.3) is 0 Å². The fourth-order valence-corrected chi connectivity index (χ4v) is 2.59. The Morgan fingerprint density at radius 2 is 2.26 bits per heavy atom. The Kier molecular flexibility index (Phi) is 7.89. The average Bonchev–Trinajstić information content (AvgIpc) is 3.10. The summed E-state index contributed by atoms with van der Waals surface area (Å²) >= 11 is 0. The third-order valence-electron chi connectivity index (χ3n) is 3.80. The first-order chi connectivity index (χ1) is 11.3. The van der Waals surface area contributed by atoms with Gasteiger partial charge in [-0.15, -0.1) is 0 Å². The van der Waals surface area contributed by atoms with Crippen LogP contribution in [0.5, 0.6) is 0 Å². The number of likely N-dealkylation sites (tertiary alicyclic amines) is 1. The zero-order valence-electron chi connectivity index (χ0n) is 14.2. The normalized spacial score (nSPS) is 16.8. The predicted molar refractivity (Wildman–Crippen MR) is 88.4 cm³/mol. The molecule has 0 spiro atoms. The van der Waals surface area contributed by atoms with E-state index in [2.05, 4.69) is 27.3 Å². The van der Waals surface area contributed by atoms with Gasteiger partial charge in [0.05, 0.1) is 12.6 Å². The van der Waals surface area contributed by atoms with Gasteiger partial charge in [0, 0.05) is 46.0 Å². The van der Waals surface area contributed by atoms with Gasteiger partial charge < -0.3 is 24.2 Å². The van der Waals surface area contributed by atoms with Crippen molar-refractivity contribution in [3.05, 3.63) is 18.0 Å². The van der Waals surface area contributed by atoms with Gasteiger partial charge in [0.15, 0.2) is 5.96 Å². The Morgan fingerprint density at radius 1 is 1.43 bits per heavy atom. The van der Waals surface area contributed by atoms with Crippen molar-refractivity contribution in [2.45, 2.75) is 38.8 Å². The van der Waals surface area contributed by atoms with Crippen LogP contribution in [0.4, 0.5) is 0 Å². The maximum Gasteiger partial charge on any atom is 0.194 e. The molecule has 1 aliphatic rings. The Balaban J connectivity index is 1.77. The fourth-order valence-electron chi connectivity index (χ4n) is 2.59. The number of guanidine groups is 1. The molecule has 0 bridgehead atoms. The molecule has 2 heterocycles. The highest BCUT2D eigenvalue weighted by Crippen LogP contribution is 2.14. The van der Waals surface area contributed by atoms with E-state index in [1.807, 2.05) is 6.07 Å². The second-order valence-corrected chi connectivity index (χ2v) is 5.56. The van der Waals surface area contributed by atoms with Crippen molar-refractivity contribution >= 4 is 5.96 Å². The first-order valence-electron chi connectivity index (χ1n) is 8.36. The molecule has 0 saturated carbocycles. The van der Waals surface area contributed by atoms with Crippen LogP contribution in [-0.4, -0.2) is 62.1 Å². The predicted octanol–water partition coefficient (Wildman–Crippen LogP) is 1.66. The summed E-state index contributed by atoms with van der Waals surface area (Å²) in [5, 5.41) is 7.25. The van der Waals surface area contributed by atoms with E-state index < -0.39 is 0 Å². The molecule has 0 unspecified atom stereocenters. The largest absolute Gasteiger partial charge is 0.385 e. The summed E-state index contributed by atoms with van der Waals surface area (Å²) in [7, 11) is 1.72. The molecule has 0 amide bonds. The summed E-state index contributed by atoms with van der Waals surface area (Å²) in [5.74, 6) is 0.938. The maximum atomic E-state index is 5.90.